The fraction of sp³-hybridized carbons (Fsp3) is 0.333. The molecule has 0 fully saturated rings. The second-order valence-corrected chi connectivity index (χ2v) is 4.75. The van der Waals surface area contributed by atoms with Crippen molar-refractivity contribution in [2.75, 3.05) is 25.3 Å². The summed E-state index contributed by atoms with van der Waals surface area (Å²) in [6, 6.07) is 8.37. The summed E-state index contributed by atoms with van der Waals surface area (Å²) in [7, 11) is 4.07. The molecule has 0 saturated carbocycles. The van der Waals surface area contributed by atoms with Crippen molar-refractivity contribution in [3.8, 4) is 5.69 Å². The molecule has 4 nitrogen and oxygen atoms in total. The summed E-state index contributed by atoms with van der Waals surface area (Å²) < 4.78 is 2.06. The third kappa shape index (κ3) is 2.29. The molecule has 0 unspecified atom stereocenters. The Hall–Kier alpha value is -1.49. The number of hydrogen-bond donors (Lipinski definition) is 0. The minimum absolute atomic E-state index is 0.909. The Morgan fingerprint density at radius 1 is 1.12 bits per heavy atom. The molecule has 2 aromatic rings. The number of benzene rings is 1. The van der Waals surface area contributed by atoms with Gasteiger partial charge in [0.15, 0.2) is 5.16 Å². The van der Waals surface area contributed by atoms with Gasteiger partial charge in [0.25, 0.3) is 0 Å². The molecule has 0 saturated heterocycles. The zero-order valence-corrected chi connectivity index (χ0v) is 11.3. The van der Waals surface area contributed by atoms with Crippen molar-refractivity contribution in [3.05, 3.63) is 30.1 Å². The molecule has 0 radical (unpaired) electrons. The highest BCUT2D eigenvalue weighted by atomic mass is 32.2. The average Bonchev–Trinajstić information content (AvgIpc) is 2.70. The SMILES string of the molecule is CSc1nnc(C)n1-c1ccc(N(C)C)cc1. The maximum absolute atomic E-state index is 4.13. The van der Waals surface area contributed by atoms with Crippen LogP contribution < -0.4 is 4.90 Å². The summed E-state index contributed by atoms with van der Waals surface area (Å²) >= 11 is 1.60. The predicted octanol–water partition coefficient (Wildman–Crippen LogP) is 2.36. The molecule has 0 spiro atoms. The molecule has 0 amide bonds. The molecule has 1 aromatic carbocycles. The van der Waals surface area contributed by atoms with Gasteiger partial charge in [0, 0.05) is 25.5 Å². The quantitative estimate of drug-likeness (QED) is 0.781. The van der Waals surface area contributed by atoms with Crippen LogP contribution in [0, 0.1) is 6.92 Å². The summed E-state index contributed by atoms with van der Waals surface area (Å²) in [5, 5.41) is 9.15. The van der Waals surface area contributed by atoms with Crippen LogP contribution in [0.1, 0.15) is 5.82 Å². The molecular weight excluding hydrogens is 232 g/mol. The van der Waals surface area contributed by atoms with Gasteiger partial charge in [-0.15, -0.1) is 10.2 Å². The molecule has 0 bridgehead atoms. The number of thioether (sulfide) groups is 1. The lowest BCUT2D eigenvalue weighted by atomic mass is 10.2. The summed E-state index contributed by atoms with van der Waals surface area (Å²) in [6.45, 7) is 1.96. The van der Waals surface area contributed by atoms with E-state index in [1.165, 1.54) is 5.69 Å². The smallest absolute Gasteiger partial charge is 0.195 e. The van der Waals surface area contributed by atoms with Crippen LogP contribution in [0.3, 0.4) is 0 Å². The third-order valence-electron chi connectivity index (χ3n) is 2.60. The first-order chi connectivity index (χ1) is 8.13. The van der Waals surface area contributed by atoms with Crippen LogP contribution in [-0.2, 0) is 0 Å². The molecule has 17 heavy (non-hydrogen) atoms. The van der Waals surface area contributed by atoms with Gasteiger partial charge in [0.05, 0.1) is 0 Å². The second-order valence-electron chi connectivity index (χ2n) is 3.98. The highest BCUT2D eigenvalue weighted by molar-refractivity contribution is 7.98. The molecule has 90 valence electrons. The zero-order valence-electron chi connectivity index (χ0n) is 10.5. The van der Waals surface area contributed by atoms with Crippen LogP contribution in [0.25, 0.3) is 5.69 Å². The number of rotatable bonds is 3. The van der Waals surface area contributed by atoms with Crippen LogP contribution in [0.5, 0.6) is 0 Å². The van der Waals surface area contributed by atoms with E-state index < -0.39 is 0 Å². The average molecular weight is 248 g/mol. The van der Waals surface area contributed by atoms with Gasteiger partial charge in [-0.2, -0.15) is 0 Å². The molecular formula is C12H16N4S. The molecule has 2 rings (SSSR count). The first kappa shape index (κ1) is 12.0. The first-order valence-electron chi connectivity index (χ1n) is 5.37. The lowest BCUT2D eigenvalue weighted by Crippen LogP contribution is -2.08. The van der Waals surface area contributed by atoms with Crippen molar-refractivity contribution >= 4 is 17.4 Å². The maximum Gasteiger partial charge on any atom is 0.195 e. The summed E-state index contributed by atoms with van der Waals surface area (Å²) in [5.74, 6) is 0.909. The fourth-order valence-electron chi connectivity index (χ4n) is 1.67. The first-order valence-corrected chi connectivity index (χ1v) is 6.59. The van der Waals surface area contributed by atoms with E-state index in [0.717, 1.165) is 16.7 Å². The molecule has 0 aliphatic rings. The zero-order chi connectivity index (χ0) is 12.4. The van der Waals surface area contributed by atoms with Gasteiger partial charge in [-0.1, -0.05) is 11.8 Å². The Labute approximate surface area is 106 Å². The van der Waals surface area contributed by atoms with Crippen LogP contribution in [0.15, 0.2) is 29.4 Å². The lowest BCUT2D eigenvalue weighted by Gasteiger charge is -2.13. The van der Waals surface area contributed by atoms with Gasteiger partial charge in [0.2, 0.25) is 0 Å². The highest BCUT2D eigenvalue weighted by Crippen LogP contribution is 2.21. The standard InChI is InChI=1S/C12H16N4S/c1-9-13-14-12(17-4)16(9)11-7-5-10(6-8-11)15(2)3/h5-8H,1-4H3. The number of aryl methyl sites for hydroxylation is 1. The second kappa shape index (κ2) is 4.79. The fourth-order valence-corrected chi connectivity index (χ4v) is 2.21. The van der Waals surface area contributed by atoms with Crippen LogP contribution in [0.4, 0.5) is 5.69 Å². The Balaban J connectivity index is 2.42. The van der Waals surface area contributed by atoms with E-state index in [4.69, 9.17) is 0 Å². The lowest BCUT2D eigenvalue weighted by molar-refractivity contribution is 0.870. The Bertz CT molecular complexity index is 502. The van der Waals surface area contributed by atoms with E-state index >= 15 is 0 Å². The van der Waals surface area contributed by atoms with E-state index in [2.05, 4.69) is 43.9 Å². The molecule has 0 aliphatic heterocycles. The monoisotopic (exact) mass is 248 g/mol. The van der Waals surface area contributed by atoms with E-state index in [1.807, 2.05) is 27.3 Å². The summed E-state index contributed by atoms with van der Waals surface area (Å²) in [5.41, 5.74) is 2.28. The molecule has 1 heterocycles. The highest BCUT2D eigenvalue weighted by Gasteiger charge is 2.09. The van der Waals surface area contributed by atoms with E-state index in [-0.39, 0.29) is 0 Å². The van der Waals surface area contributed by atoms with Gasteiger partial charge >= 0.3 is 0 Å². The molecule has 1 aromatic heterocycles. The maximum atomic E-state index is 4.13. The number of aromatic nitrogens is 3. The third-order valence-corrected chi connectivity index (χ3v) is 3.23. The Morgan fingerprint density at radius 2 is 1.76 bits per heavy atom. The number of nitrogens with zero attached hydrogens (tertiary/aromatic N) is 4. The van der Waals surface area contributed by atoms with Crippen LogP contribution in [-0.4, -0.2) is 35.1 Å². The van der Waals surface area contributed by atoms with E-state index in [0.29, 0.717) is 0 Å². The molecule has 0 aliphatic carbocycles. The molecule has 5 heteroatoms. The van der Waals surface area contributed by atoms with Crippen molar-refractivity contribution in [1.29, 1.82) is 0 Å². The van der Waals surface area contributed by atoms with Crippen LogP contribution >= 0.6 is 11.8 Å². The van der Waals surface area contributed by atoms with Crippen molar-refractivity contribution in [2.24, 2.45) is 0 Å². The van der Waals surface area contributed by atoms with Crippen molar-refractivity contribution in [3.63, 3.8) is 0 Å². The van der Waals surface area contributed by atoms with Crippen LogP contribution in [0.2, 0.25) is 0 Å². The van der Waals surface area contributed by atoms with Gasteiger partial charge in [-0.3, -0.25) is 4.57 Å². The van der Waals surface area contributed by atoms with Gasteiger partial charge in [-0.05, 0) is 37.4 Å². The predicted molar refractivity (Wildman–Crippen MR) is 72.2 cm³/mol. The van der Waals surface area contributed by atoms with Crippen molar-refractivity contribution < 1.29 is 0 Å². The topological polar surface area (TPSA) is 34.0 Å². The Kier molecular flexibility index (Phi) is 3.38. The van der Waals surface area contributed by atoms with Crippen molar-refractivity contribution in [2.45, 2.75) is 12.1 Å². The molecule has 0 N–H and O–H groups in total. The van der Waals surface area contributed by atoms with E-state index in [9.17, 15) is 0 Å². The van der Waals surface area contributed by atoms with E-state index in [1.54, 1.807) is 11.8 Å². The largest absolute Gasteiger partial charge is 0.378 e. The number of hydrogen-bond acceptors (Lipinski definition) is 4. The minimum Gasteiger partial charge on any atom is -0.378 e. The minimum atomic E-state index is 0.909. The summed E-state index contributed by atoms with van der Waals surface area (Å²) in [6.07, 6.45) is 2.01. The van der Waals surface area contributed by atoms with Gasteiger partial charge in [-0.25, -0.2) is 0 Å². The van der Waals surface area contributed by atoms with Crippen molar-refractivity contribution in [1.82, 2.24) is 14.8 Å². The number of anilines is 1. The van der Waals surface area contributed by atoms with Gasteiger partial charge in [0.1, 0.15) is 5.82 Å². The molecule has 0 atom stereocenters. The normalized spacial score (nSPS) is 10.6. The summed E-state index contributed by atoms with van der Waals surface area (Å²) in [4.78, 5) is 2.08. The Morgan fingerprint density at radius 3 is 2.29 bits per heavy atom. The van der Waals surface area contributed by atoms with Gasteiger partial charge < -0.3 is 4.90 Å².